The van der Waals surface area contributed by atoms with Gasteiger partial charge in [-0.15, -0.1) is 0 Å². The zero-order valence-electron chi connectivity index (χ0n) is 7.24. The van der Waals surface area contributed by atoms with E-state index in [-0.39, 0.29) is 28.5 Å². The van der Waals surface area contributed by atoms with Crippen molar-refractivity contribution in [3.8, 4) is 0 Å². The van der Waals surface area contributed by atoms with Crippen LogP contribution in [-0.2, 0) is 9.53 Å². The molecule has 0 heterocycles. The Morgan fingerprint density at radius 1 is 1.25 bits per heavy atom. The molecule has 6 heteroatoms. The SMILES string of the molecule is CCCCOC(C)=O.F.F.F.[B]. The summed E-state index contributed by atoms with van der Waals surface area (Å²) in [5.74, 6) is -0.182. The second-order valence-corrected chi connectivity index (χ2v) is 1.69. The summed E-state index contributed by atoms with van der Waals surface area (Å²) in [7, 11) is 0. The lowest BCUT2D eigenvalue weighted by molar-refractivity contribution is -0.141. The predicted molar refractivity (Wildman–Crippen MR) is 44.8 cm³/mol. The third-order valence-corrected chi connectivity index (χ3v) is 0.803. The topological polar surface area (TPSA) is 26.3 Å². The van der Waals surface area contributed by atoms with Gasteiger partial charge < -0.3 is 4.74 Å². The van der Waals surface area contributed by atoms with E-state index >= 15 is 0 Å². The predicted octanol–water partition coefficient (Wildman–Crippen LogP) is 1.43. The Labute approximate surface area is 72.3 Å². The molecule has 0 unspecified atom stereocenters. The minimum atomic E-state index is -0.182. The maximum atomic E-state index is 10.1. The van der Waals surface area contributed by atoms with E-state index in [0.717, 1.165) is 12.8 Å². The van der Waals surface area contributed by atoms with Crippen molar-refractivity contribution in [1.82, 2.24) is 0 Å². The van der Waals surface area contributed by atoms with Crippen LogP contribution in [0.4, 0.5) is 14.1 Å². The number of ether oxygens (including phenoxy) is 1. The molecule has 2 nitrogen and oxygen atoms in total. The summed E-state index contributed by atoms with van der Waals surface area (Å²) in [5, 5.41) is 0. The van der Waals surface area contributed by atoms with E-state index in [1.54, 1.807) is 0 Å². The van der Waals surface area contributed by atoms with E-state index in [0.29, 0.717) is 6.61 Å². The van der Waals surface area contributed by atoms with Crippen LogP contribution in [-0.4, -0.2) is 21.0 Å². The van der Waals surface area contributed by atoms with Crippen molar-refractivity contribution in [1.29, 1.82) is 0 Å². The fraction of sp³-hybridized carbons (Fsp3) is 0.833. The molecular weight excluding hydrogens is 172 g/mol. The molecule has 0 bridgehead atoms. The van der Waals surface area contributed by atoms with Crippen LogP contribution in [0.3, 0.4) is 0 Å². The largest absolute Gasteiger partial charge is 0.466 e. The first kappa shape index (κ1) is 30.2. The summed E-state index contributed by atoms with van der Waals surface area (Å²) in [6.45, 7) is 4.06. The van der Waals surface area contributed by atoms with Gasteiger partial charge in [0, 0.05) is 15.3 Å². The van der Waals surface area contributed by atoms with Crippen LogP contribution in [0.15, 0.2) is 0 Å². The van der Waals surface area contributed by atoms with Crippen LogP contribution in [0.1, 0.15) is 26.7 Å². The van der Waals surface area contributed by atoms with Crippen LogP contribution >= 0.6 is 0 Å². The minimum Gasteiger partial charge on any atom is -0.466 e. The molecule has 0 spiro atoms. The van der Waals surface area contributed by atoms with Crippen molar-refractivity contribution in [3.05, 3.63) is 0 Å². The first-order valence-corrected chi connectivity index (χ1v) is 2.90. The maximum Gasteiger partial charge on any atom is 0.302 e. The van der Waals surface area contributed by atoms with Gasteiger partial charge in [0.2, 0.25) is 0 Å². The smallest absolute Gasteiger partial charge is 0.302 e. The second-order valence-electron chi connectivity index (χ2n) is 1.69. The first-order chi connectivity index (χ1) is 3.77. The number of carbonyl (C=O) groups excluding carboxylic acids is 1. The fourth-order valence-electron chi connectivity index (χ4n) is 0.360. The van der Waals surface area contributed by atoms with Crippen molar-refractivity contribution in [2.24, 2.45) is 0 Å². The van der Waals surface area contributed by atoms with Gasteiger partial charge in [0.25, 0.3) is 0 Å². The molecule has 0 aromatic rings. The average molecular weight is 187 g/mol. The lowest BCUT2D eigenvalue weighted by atomic mass is 10.4. The molecule has 0 N–H and O–H groups in total. The molecule has 0 saturated carbocycles. The van der Waals surface area contributed by atoms with Crippen LogP contribution in [0.2, 0.25) is 0 Å². The molecule has 0 aromatic heterocycles. The van der Waals surface area contributed by atoms with Gasteiger partial charge in [-0.3, -0.25) is 18.9 Å². The van der Waals surface area contributed by atoms with Gasteiger partial charge in [0.15, 0.2) is 0 Å². The van der Waals surface area contributed by atoms with E-state index in [1.165, 1.54) is 6.92 Å². The third kappa shape index (κ3) is 34.6. The summed E-state index contributed by atoms with van der Waals surface area (Å²) in [4.78, 5) is 10.1. The number of hydrogen-bond donors (Lipinski definition) is 0. The molecule has 0 rings (SSSR count). The molecule has 0 aliphatic carbocycles. The van der Waals surface area contributed by atoms with E-state index < -0.39 is 0 Å². The van der Waals surface area contributed by atoms with E-state index in [1.807, 2.05) is 0 Å². The lowest BCUT2D eigenvalue weighted by Gasteiger charge is -1.96. The Balaban J connectivity index is -0.0000000408. The molecule has 0 atom stereocenters. The number of esters is 1. The summed E-state index contributed by atoms with van der Waals surface area (Å²) in [5.41, 5.74) is 0. The van der Waals surface area contributed by atoms with Crippen molar-refractivity contribution in [2.75, 3.05) is 6.61 Å². The van der Waals surface area contributed by atoms with Gasteiger partial charge >= 0.3 is 5.97 Å². The summed E-state index contributed by atoms with van der Waals surface area (Å²) < 4.78 is 4.64. The van der Waals surface area contributed by atoms with Crippen LogP contribution < -0.4 is 0 Å². The number of halogens is 3. The van der Waals surface area contributed by atoms with E-state index in [9.17, 15) is 4.79 Å². The summed E-state index contributed by atoms with van der Waals surface area (Å²) >= 11 is 0. The Hall–Kier alpha value is -0.675. The molecule has 3 radical (unpaired) electrons. The van der Waals surface area contributed by atoms with Gasteiger partial charge in [-0.2, -0.15) is 0 Å². The molecule has 0 aromatic carbocycles. The normalized spacial score (nSPS) is 5.83. The Morgan fingerprint density at radius 3 is 1.92 bits per heavy atom. The standard InChI is InChI=1S/C6H12O2.B.3FH/c1-3-4-5-8-6(2)7;;;;/h3-5H2,1-2H3;;3*1H. The molecular formula is C6H15BF3O2. The zero-order chi connectivity index (χ0) is 6.41. The highest BCUT2D eigenvalue weighted by Crippen LogP contribution is 1.86. The quantitative estimate of drug-likeness (QED) is 0.379. The molecule has 0 fully saturated rings. The highest BCUT2D eigenvalue weighted by Gasteiger charge is 1.88. The highest BCUT2D eigenvalue weighted by molar-refractivity contribution is 5.75. The molecule has 0 saturated heterocycles. The van der Waals surface area contributed by atoms with Crippen LogP contribution in [0.25, 0.3) is 0 Å². The number of unbranched alkanes of at least 4 members (excludes halogenated alkanes) is 1. The zero-order valence-corrected chi connectivity index (χ0v) is 7.24. The van der Waals surface area contributed by atoms with E-state index in [4.69, 9.17) is 0 Å². The monoisotopic (exact) mass is 187 g/mol. The Bertz CT molecular complexity index is 83.2. The first-order valence-electron chi connectivity index (χ1n) is 2.90. The number of hydrogen-bond acceptors (Lipinski definition) is 2. The second kappa shape index (κ2) is 22.4. The molecule has 0 aliphatic heterocycles. The van der Waals surface area contributed by atoms with Gasteiger partial charge in [-0.1, -0.05) is 13.3 Å². The van der Waals surface area contributed by atoms with Gasteiger partial charge in [-0.05, 0) is 6.42 Å². The van der Waals surface area contributed by atoms with Crippen molar-refractivity contribution in [2.45, 2.75) is 26.7 Å². The fourth-order valence-corrected chi connectivity index (χ4v) is 0.360. The Kier molecular flexibility index (Phi) is 56.4. The van der Waals surface area contributed by atoms with Gasteiger partial charge in [0.1, 0.15) is 0 Å². The Morgan fingerprint density at radius 2 is 1.67 bits per heavy atom. The molecule has 0 amide bonds. The summed E-state index contributed by atoms with van der Waals surface area (Å²) in [6, 6.07) is 0. The number of carbonyl (C=O) groups is 1. The maximum absolute atomic E-state index is 10.1. The van der Waals surface area contributed by atoms with E-state index in [2.05, 4.69) is 11.7 Å². The minimum absolute atomic E-state index is 0. The highest BCUT2D eigenvalue weighted by atomic mass is 19.0. The number of rotatable bonds is 3. The third-order valence-electron chi connectivity index (χ3n) is 0.803. The molecule has 12 heavy (non-hydrogen) atoms. The van der Waals surface area contributed by atoms with Gasteiger partial charge in [0.05, 0.1) is 6.61 Å². The summed E-state index contributed by atoms with van der Waals surface area (Å²) in [6.07, 6.45) is 2.05. The molecule has 75 valence electrons. The van der Waals surface area contributed by atoms with Crippen LogP contribution in [0.5, 0.6) is 0 Å². The van der Waals surface area contributed by atoms with Crippen LogP contribution in [0, 0.1) is 0 Å². The van der Waals surface area contributed by atoms with Crippen molar-refractivity contribution in [3.63, 3.8) is 0 Å². The lowest BCUT2D eigenvalue weighted by Crippen LogP contribution is -1.99. The van der Waals surface area contributed by atoms with Crippen molar-refractivity contribution >= 4 is 14.4 Å². The van der Waals surface area contributed by atoms with Gasteiger partial charge in [-0.25, -0.2) is 0 Å². The average Bonchev–Trinajstić information content (AvgIpc) is 1.66. The van der Waals surface area contributed by atoms with Crippen molar-refractivity contribution < 1.29 is 23.6 Å². The molecule has 0 aliphatic rings.